The third-order valence-electron chi connectivity index (χ3n) is 6.84. The van der Waals surface area contributed by atoms with Gasteiger partial charge in [-0.1, -0.05) is 38.5 Å². The van der Waals surface area contributed by atoms with Crippen molar-refractivity contribution in [3.05, 3.63) is 29.3 Å². The van der Waals surface area contributed by atoms with Crippen molar-refractivity contribution in [2.45, 2.75) is 65.8 Å². The van der Waals surface area contributed by atoms with E-state index < -0.39 is 48.5 Å². The molecule has 190 valence electrons. The monoisotopic (exact) mass is 486 g/mol. The molecule has 2 aliphatic rings. The van der Waals surface area contributed by atoms with Crippen LogP contribution in [0.3, 0.4) is 0 Å². The second kappa shape index (κ2) is 10.1. The van der Waals surface area contributed by atoms with Gasteiger partial charge < -0.3 is 15.4 Å². The minimum atomic E-state index is -0.983. The number of aryl methyl sites for hydroxylation is 2. The molecule has 1 saturated carbocycles. The van der Waals surface area contributed by atoms with Crippen molar-refractivity contribution in [3.63, 3.8) is 0 Å². The summed E-state index contributed by atoms with van der Waals surface area (Å²) in [5.74, 6) is -1.75. The van der Waals surface area contributed by atoms with Crippen LogP contribution in [0.4, 0.5) is 15.3 Å². The van der Waals surface area contributed by atoms with Crippen molar-refractivity contribution in [1.82, 2.24) is 15.5 Å². The number of benzene rings is 1. The number of carbonyl (C=O) groups excluding carboxylic acids is 5. The van der Waals surface area contributed by atoms with Crippen LogP contribution in [0.15, 0.2) is 18.2 Å². The number of imide groups is 2. The van der Waals surface area contributed by atoms with Crippen LogP contribution >= 0.6 is 0 Å². The van der Waals surface area contributed by atoms with Crippen LogP contribution in [-0.4, -0.2) is 53.4 Å². The summed E-state index contributed by atoms with van der Waals surface area (Å²) in [5.41, 5.74) is 1.54. The average Bonchev–Trinajstić information content (AvgIpc) is 2.98. The molecule has 3 N–H and O–H groups in total. The fourth-order valence-corrected chi connectivity index (χ4v) is 4.73. The molecule has 2 fully saturated rings. The first kappa shape index (κ1) is 26.2. The SMILES string of the molecule is Cc1ccc(NC(=O)NC(=O)COC(=O)CN2C(=O)NC3(CCC(C(C)(C)C)CC3)C2=O)c(C)c1. The molecule has 0 unspecified atom stereocenters. The van der Waals surface area contributed by atoms with Gasteiger partial charge in [-0.15, -0.1) is 0 Å². The van der Waals surface area contributed by atoms with E-state index >= 15 is 0 Å². The Morgan fingerprint density at radius 2 is 1.80 bits per heavy atom. The van der Waals surface area contributed by atoms with E-state index in [0.717, 1.165) is 28.9 Å². The number of nitrogens with one attached hydrogen (secondary N) is 3. The van der Waals surface area contributed by atoms with Crippen molar-refractivity contribution in [2.24, 2.45) is 11.3 Å². The van der Waals surface area contributed by atoms with Crippen molar-refractivity contribution in [3.8, 4) is 0 Å². The van der Waals surface area contributed by atoms with Gasteiger partial charge in [-0.2, -0.15) is 0 Å². The minimum absolute atomic E-state index is 0.118. The molecule has 10 heteroatoms. The lowest BCUT2D eigenvalue weighted by Gasteiger charge is -2.40. The quantitative estimate of drug-likeness (QED) is 0.433. The number of rotatable bonds is 5. The highest BCUT2D eigenvalue weighted by Gasteiger charge is 2.53. The first-order valence-corrected chi connectivity index (χ1v) is 11.8. The van der Waals surface area contributed by atoms with E-state index in [9.17, 15) is 24.0 Å². The minimum Gasteiger partial charge on any atom is -0.454 e. The summed E-state index contributed by atoms with van der Waals surface area (Å²) in [5, 5.41) is 7.39. The number of esters is 1. The third kappa shape index (κ3) is 6.17. The van der Waals surface area contributed by atoms with Crippen LogP contribution in [0.1, 0.15) is 57.6 Å². The topological polar surface area (TPSA) is 134 Å². The summed E-state index contributed by atoms with van der Waals surface area (Å²) in [6.45, 7) is 8.91. The number of nitrogens with zero attached hydrogens (tertiary/aromatic N) is 1. The van der Waals surface area contributed by atoms with Gasteiger partial charge in [0.05, 0.1) is 0 Å². The Hall–Kier alpha value is -3.43. The zero-order valence-electron chi connectivity index (χ0n) is 20.9. The van der Waals surface area contributed by atoms with E-state index in [4.69, 9.17) is 4.74 Å². The predicted octanol–water partition coefficient (Wildman–Crippen LogP) is 3.02. The van der Waals surface area contributed by atoms with E-state index in [0.29, 0.717) is 24.4 Å². The molecule has 1 aromatic carbocycles. The summed E-state index contributed by atoms with van der Waals surface area (Å²) in [6.07, 6.45) is 2.64. The second-order valence-electron chi connectivity index (χ2n) is 10.5. The maximum absolute atomic E-state index is 13.0. The molecule has 1 heterocycles. The highest BCUT2D eigenvalue weighted by Crippen LogP contribution is 2.43. The van der Waals surface area contributed by atoms with Crippen molar-refractivity contribution in [2.75, 3.05) is 18.5 Å². The molecular weight excluding hydrogens is 452 g/mol. The number of hydrogen-bond acceptors (Lipinski definition) is 6. The Morgan fingerprint density at radius 1 is 1.14 bits per heavy atom. The number of anilines is 1. The zero-order valence-corrected chi connectivity index (χ0v) is 20.9. The van der Waals surface area contributed by atoms with Gasteiger partial charge in [0.25, 0.3) is 11.8 Å². The second-order valence-corrected chi connectivity index (χ2v) is 10.5. The summed E-state index contributed by atoms with van der Waals surface area (Å²) in [7, 11) is 0. The number of amides is 6. The van der Waals surface area contributed by atoms with E-state index in [1.807, 2.05) is 26.0 Å². The highest BCUT2D eigenvalue weighted by atomic mass is 16.5. The highest BCUT2D eigenvalue weighted by molar-refractivity contribution is 6.09. The molecular formula is C25H34N4O6. The largest absolute Gasteiger partial charge is 0.454 e. The summed E-state index contributed by atoms with van der Waals surface area (Å²) in [6, 6.07) is 4.02. The molecule has 0 radical (unpaired) electrons. The number of urea groups is 2. The Morgan fingerprint density at radius 3 is 2.40 bits per heavy atom. The van der Waals surface area contributed by atoms with Gasteiger partial charge in [0.2, 0.25) is 0 Å². The summed E-state index contributed by atoms with van der Waals surface area (Å²) < 4.78 is 4.89. The number of ether oxygens (including phenoxy) is 1. The van der Waals surface area contributed by atoms with Crippen LogP contribution in [0.25, 0.3) is 0 Å². The number of carbonyl (C=O) groups is 5. The first-order chi connectivity index (χ1) is 16.3. The van der Waals surface area contributed by atoms with Gasteiger partial charge in [-0.05, 0) is 62.5 Å². The molecule has 3 rings (SSSR count). The standard InChI is InChI=1S/C25H34N4O6/c1-15-6-7-18(16(2)12-15)26-22(33)27-19(30)14-35-20(31)13-29-21(32)25(28-23(29)34)10-8-17(9-11-25)24(3,4)5/h6-7,12,17H,8-11,13-14H2,1-5H3,(H,28,34)(H2,26,27,30,33). The van der Waals surface area contributed by atoms with Gasteiger partial charge in [-0.3, -0.25) is 24.6 Å². The van der Waals surface area contributed by atoms with Gasteiger partial charge in [0.15, 0.2) is 6.61 Å². The van der Waals surface area contributed by atoms with Gasteiger partial charge in [0, 0.05) is 5.69 Å². The fourth-order valence-electron chi connectivity index (χ4n) is 4.73. The zero-order chi connectivity index (χ0) is 26.0. The molecule has 6 amide bonds. The molecule has 0 atom stereocenters. The molecule has 1 aromatic rings. The fraction of sp³-hybridized carbons (Fsp3) is 0.560. The van der Waals surface area contributed by atoms with Crippen LogP contribution in [0.2, 0.25) is 0 Å². The molecule has 1 aliphatic carbocycles. The smallest absolute Gasteiger partial charge is 0.326 e. The maximum atomic E-state index is 13.0. The Labute approximate surface area is 205 Å². The lowest BCUT2D eigenvalue weighted by molar-refractivity contribution is -0.151. The summed E-state index contributed by atoms with van der Waals surface area (Å²) in [4.78, 5) is 62.5. The van der Waals surface area contributed by atoms with E-state index in [1.54, 1.807) is 6.07 Å². The lowest BCUT2D eigenvalue weighted by atomic mass is 9.67. The lowest BCUT2D eigenvalue weighted by Crippen LogP contribution is -2.50. The van der Waals surface area contributed by atoms with Crippen LogP contribution in [0, 0.1) is 25.2 Å². The van der Waals surface area contributed by atoms with Gasteiger partial charge >= 0.3 is 18.0 Å². The molecule has 0 bridgehead atoms. The van der Waals surface area contributed by atoms with Crippen LogP contribution in [-0.2, 0) is 19.1 Å². The number of hydrogen-bond donors (Lipinski definition) is 3. The predicted molar refractivity (Wildman–Crippen MR) is 128 cm³/mol. The Bertz CT molecular complexity index is 1040. The molecule has 1 spiro atoms. The first-order valence-electron chi connectivity index (χ1n) is 11.8. The van der Waals surface area contributed by atoms with E-state index in [1.165, 1.54) is 0 Å². The third-order valence-corrected chi connectivity index (χ3v) is 6.84. The Kier molecular flexibility index (Phi) is 7.52. The van der Waals surface area contributed by atoms with Crippen LogP contribution in [0.5, 0.6) is 0 Å². The maximum Gasteiger partial charge on any atom is 0.326 e. The molecule has 0 aromatic heterocycles. The van der Waals surface area contributed by atoms with E-state index in [2.05, 4.69) is 36.7 Å². The molecule has 10 nitrogen and oxygen atoms in total. The van der Waals surface area contributed by atoms with Crippen molar-refractivity contribution < 1.29 is 28.7 Å². The molecule has 35 heavy (non-hydrogen) atoms. The van der Waals surface area contributed by atoms with Crippen LogP contribution < -0.4 is 16.0 Å². The van der Waals surface area contributed by atoms with Gasteiger partial charge in [-0.25, -0.2) is 9.59 Å². The Balaban J connectivity index is 1.46. The van der Waals surface area contributed by atoms with Gasteiger partial charge in [0.1, 0.15) is 12.1 Å². The average molecular weight is 487 g/mol. The normalized spacial score (nSPS) is 22.1. The molecule has 1 saturated heterocycles. The van der Waals surface area contributed by atoms with E-state index in [-0.39, 0.29) is 5.41 Å². The van der Waals surface area contributed by atoms with Crippen molar-refractivity contribution >= 4 is 35.5 Å². The summed E-state index contributed by atoms with van der Waals surface area (Å²) >= 11 is 0. The molecule has 1 aliphatic heterocycles. The van der Waals surface area contributed by atoms with Crippen molar-refractivity contribution in [1.29, 1.82) is 0 Å².